The number of nitrogens with one attached hydrogen (secondary N) is 1. The van der Waals surface area contributed by atoms with E-state index in [1.54, 1.807) is 12.1 Å². The monoisotopic (exact) mass is 306 g/mol. The number of hydrogen-bond donors (Lipinski definition) is 1. The number of hydrogen-bond acceptors (Lipinski definition) is 3. The average Bonchev–Trinajstić information content (AvgIpc) is 3.28. The van der Waals surface area contributed by atoms with Crippen molar-refractivity contribution in [3.63, 3.8) is 0 Å². The van der Waals surface area contributed by atoms with Crippen molar-refractivity contribution in [1.29, 1.82) is 0 Å². The van der Waals surface area contributed by atoms with Crippen LogP contribution in [0.1, 0.15) is 19.3 Å². The highest BCUT2D eigenvalue weighted by Gasteiger charge is 2.39. The van der Waals surface area contributed by atoms with Crippen molar-refractivity contribution >= 4 is 11.8 Å². The summed E-state index contributed by atoms with van der Waals surface area (Å²) in [6.07, 6.45) is 2.69. The van der Waals surface area contributed by atoms with Crippen molar-refractivity contribution < 1.29 is 18.7 Å². The third-order valence-corrected chi connectivity index (χ3v) is 4.01. The molecule has 1 aromatic rings. The van der Waals surface area contributed by atoms with Crippen LogP contribution in [0.5, 0.6) is 5.75 Å². The molecular weight excluding hydrogens is 287 g/mol. The summed E-state index contributed by atoms with van der Waals surface area (Å²) in [5.41, 5.74) is 0. The first-order valence-corrected chi connectivity index (χ1v) is 7.57. The number of likely N-dealkylation sites (tertiary alicyclic amines) is 1. The Morgan fingerprint density at radius 1 is 1.36 bits per heavy atom. The van der Waals surface area contributed by atoms with E-state index in [1.807, 2.05) is 4.90 Å². The smallest absolute Gasteiger partial charge is 0.257 e. The predicted octanol–water partition coefficient (Wildman–Crippen LogP) is 1.33. The third kappa shape index (κ3) is 3.55. The summed E-state index contributed by atoms with van der Waals surface area (Å²) in [5.74, 6) is -0.388. The number of benzene rings is 1. The van der Waals surface area contributed by atoms with Crippen molar-refractivity contribution in [3.05, 3.63) is 30.1 Å². The zero-order valence-corrected chi connectivity index (χ0v) is 12.3. The van der Waals surface area contributed by atoms with Crippen molar-refractivity contribution in [2.24, 2.45) is 5.92 Å². The Hall–Kier alpha value is -2.11. The number of amides is 2. The number of carbonyl (C=O) groups excluding carboxylic acids is 2. The number of ether oxygens (including phenoxy) is 1. The molecule has 22 heavy (non-hydrogen) atoms. The van der Waals surface area contributed by atoms with Crippen LogP contribution in [-0.2, 0) is 9.59 Å². The van der Waals surface area contributed by atoms with Crippen LogP contribution in [0.3, 0.4) is 0 Å². The summed E-state index contributed by atoms with van der Waals surface area (Å²) in [6.45, 7) is 0.945. The molecule has 1 aliphatic heterocycles. The molecule has 1 N–H and O–H groups in total. The van der Waals surface area contributed by atoms with Crippen LogP contribution in [0, 0.1) is 11.7 Å². The van der Waals surface area contributed by atoms with Gasteiger partial charge in [-0.3, -0.25) is 9.59 Å². The quantitative estimate of drug-likeness (QED) is 0.862. The van der Waals surface area contributed by atoms with Gasteiger partial charge in [-0.2, -0.15) is 0 Å². The third-order valence-electron chi connectivity index (χ3n) is 4.01. The van der Waals surface area contributed by atoms with Crippen LogP contribution in [0.15, 0.2) is 24.3 Å². The molecule has 0 radical (unpaired) electrons. The molecule has 0 aromatic heterocycles. The van der Waals surface area contributed by atoms with Gasteiger partial charge in [0.15, 0.2) is 18.2 Å². The van der Waals surface area contributed by atoms with Gasteiger partial charge in [-0.25, -0.2) is 4.39 Å². The van der Waals surface area contributed by atoms with Crippen molar-refractivity contribution in [3.8, 4) is 5.75 Å². The average molecular weight is 306 g/mol. The Bertz CT molecular complexity index is 574. The highest BCUT2D eigenvalue weighted by atomic mass is 19.1. The molecule has 1 aromatic carbocycles. The molecule has 1 atom stereocenters. The van der Waals surface area contributed by atoms with Crippen molar-refractivity contribution in [2.75, 3.05) is 19.7 Å². The summed E-state index contributed by atoms with van der Waals surface area (Å²) < 4.78 is 18.5. The molecule has 0 bridgehead atoms. The summed E-state index contributed by atoms with van der Waals surface area (Å²) >= 11 is 0. The molecule has 3 rings (SSSR count). The minimum atomic E-state index is -0.489. The van der Waals surface area contributed by atoms with E-state index in [4.69, 9.17) is 4.74 Å². The molecule has 6 heteroatoms. The molecule has 1 saturated carbocycles. The van der Waals surface area contributed by atoms with E-state index < -0.39 is 5.82 Å². The zero-order valence-electron chi connectivity index (χ0n) is 12.3. The number of carbonyl (C=O) groups is 2. The lowest BCUT2D eigenvalue weighted by atomic mass is 10.1. The largest absolute Gasteiger partial charge is 0.481 e. The van der Waals surface area contributed by atoms with E-state index in [1.165, 1.54) is 12.1 Å². The van der Waals surface area contributed by atoms with E-state index >= 15 is 0 Å². The lowest BCUT2D eigenvalue weighted by Crippen LogP contribution is -2.34. The van der Waals surface area contributed by atoms with Gasteiger partial charge in [-0.15, -0.1) is 0 Å². The fourth-order valence-electron chi connectivity index (χ4n) is 2.70. The molecule has 0 spiro atoms. The summed E-state index contributed by atoms with van der Waals surface area (Å²) in [7, 11) is 0. The Labute approximate surface area is 128 Å². The maximum Gasteiger partial charge on any atom is 0.257 e. The second-order valence-electron chi connectivity index (χ2n) is 5.87. The first kappa shape index (κ1) is 14.8. The van der Waals surface area contributed by atoms with E-state index in [0.717, 1.165) is 19.4 Å². The molecule has 2 amide bonds. The maximum atomic E-state index is 13.3. The van der Waals surface area contributed by atoms with E-state index in [2.05, 4.69) is 5.32 Å². The Morgan fingerprint density at radius 2 is 2.14 bits per heavy atom. The van der Waals surface area contributed by atoms with Gasteiger partial charge >= 0.3 is 0 Å². The molecule has 1 unspecified atom stereocenters. The number of halogens is 1. The lowest BCUT2D eigenvalue weighted by molar-refractivity contribution is -0.128. The highest BCUT2D eigenvalue weighted by Crippen LogP contribution is 2.32. The zero-order chi connectivity index (χ0) is 15.5. The van der Waals surface area contributed by atoms with Crippen molar-refractivity contribution in [2.45, 2.75) is 25.3 Å². The molecule has 118 valence electrons. The normalized spacial score (nSPS) is 21.0. The Morgan fingerprint density at radius 3 is 2.86 bits per heavy atom. The molecule has 2 fully saturated rings. The van der Waals surface area contributed by atoms with Crippen LogP contribution in [0.2, 0.25) is 0 Å². The van der Waals surface area contributed by atoms with Gasteiger partial charge in [0.05, 0.1) is 0 Å². The number of rotatable bonds is 6. The highest BCUT2D eigenvalue weighted by molar-refractivity contribution is 5.80. The van der Waals surface area contributed by atoms with Crippen LogP contribution < -0.4 is 10.1 Å². The standard InChI is InChI=1S/C16H19FN2O3/c17-13-3-1-2-4-14(13)22-10-15(20)18-8-11-7-16(21)19(9-11)12-5-6-12/h1-4,11-12H,5-10H2,(H,18,20). The minimum absolute atomic E-state index is 0.0635. The van der Waals surface area contributed by atoms with Gasteiger partial charge < -0.3 is 15.0 Å². The molecule has 1 aliphatic carbocycles. The first-order chi connectivity index (χ1) is 10.6. The second kappa shape index (κ2) is 6.34. The van der Waals surface area contributed by atoms with Gasteiger partial charge in [0.25, 0.3) is 5.91 Å². The first-order valence-electron chi connectivity index (χ1n) is 7.57. The second-order valence-corrected chi connectivity index (χ2v) is 5.87. The summed E-state index contributed by atoms with van der Waals surface area (Å²) in [6, 6.07) is 6.39. The van der Waals surface area contributed by atoms with Gasteiger partial charge in [-0.1, -0.05) is 12.1 Å². The van der Waals surface area contributed by atoms with Gasteiger partial charge in [0, 0.05) is 31.5 Å². The molecule has 5 nitrogen and oxygen atoms in total. The predicted molar refractivity (Wildman–Crippen MR) is 77.7 cm³/mol. The molecule has 1 heterocycles. The van der Waals surface area contributed by atoms with E-state index in [9.17, 15) is 14.0 Å². The van der Waals surface area contributed by atoms with E-state index in [-0.39, 0.29) is 30.1 Å². The van der Waals surface area contributed by atoms with Crippen molar-refractivity contribution in [1.82, 2.24) is 10.2 Å². The fourth-order valence-corrected chi connectivity index (χ4v) is 2.70. The molecular formula is C16H19FN2O3. The summed E-state index contributed by atoms with van der Waals surface area (Å²) in [4.78, 5) is 25.5. The van der Waals surface area contributed by atoms with Crippen LogP contribution in [-0.4, -0.2) is 42.5 Å². The minimum Gasteiger partial charge on any atom is -0.481 e. The van der Waals surface area contributed by atoms with Crippen LogP contribution in [0.25, 0.3) is 0 Å². The summed E-state index contributed by atoms with van der Waals surface area (Å²) in [5, 5.41) is 2.75. The van der Waals surface area contributed by atoms with E-state index in [0.29, 0.717) is 19.0 Å². The molecule has 1 saturated heterocycles. The number of nitrogens with zero attached hydrogens (tertiary/aromatic N) is 1. The SMILES string of the molecule is O=C(COc1ccccc1F)NCC1CC(=O)N(C2CC2)C1. The topological polar surface area (TPSA) is 58.6 Å². The Kier molecular flexibility index (Phi) is 4.27. The maximum absolute atomic E-state index is 13.3. The Balaban J connectivity index is 1.39. The fraction of sp³-hybridized carbons (Fsp3) is 0.500. The lowest BCUT2D eigenvalue weighted by Gasteiger charge is -2.15. The van der Waals surface area contributed by atoms with Crippen LogP contribution in [0.4, 0.5) is 4.39 Å². The van der Waals surface area contributed by atoms with Gasteiger partial charge in [-0.05, 0) is 25.0 Å². The van der Waals surface area contributed by atoms with Gasteiger partial charge in [0.2, 0.25) is 5.91 Å². The van der Waals surface area contributed by atoms with Crippen LogP contribution >= 0.6 is 0 Å². The number of para-hydroxylation sites is 1. The van der Waals surface area contributed by atoms with Gasteiger partial charge in [0.1, 0.15) is 0 Å². The molecule has 2 aliphatic rings.